The summed E-state index contributed by atoms with van der Waals surface area (Å²) < 4.78 is 23.5. The highest BCUT2D eigenvalue weighted by Gasteiger charge is 2.43. The Balaban J connectivity index is 0.00000423. The molecule has 1 aromatic heterocycles. The largest absolute Gasteiger partial charge is 0.370 e. The zero-order chi connectivity index (χ0) is 29.9. The van der Waals surface area contributed by atoms with Crippen LogP contribution >= 0.6 is 31.6 Å². The molecule has 0 atom stereocenters. The van der Waals surface area contributed by atoms with E-state index in [1.165, 1.54) is 26.5 Å². The van der Waals surface area contributed by atoms with Crippen LogP contribution in [0.5, 0.6) is 0 Å². The van der Waals surface area contributed by atoms with Gasteiger partial charge in [0.2, 0.25) is 11.9 Å². The highest BCUT2D eigenvalue weighted by molar-refractivity contribution is 7.62. The minimum atomic E-state index is -3.55. The molecule has 2 aliphatic heterocycles. The van der Waals surface area contributed by atoms with Crippen LogP contribution in [0.15, 0.2) is 61.3 Å². The Labute approximate surface area is 263 Å². The molecule has 230 valence electrons. The number of piperidine rings is 1. The van der Waals surface area contributed by atoms with Crippen molar-refractivity contribution in [1.82, 2.24) is 14.9 Å². The van der Waals surface area contributed by atoms with Crippen LogP contribution in [0.2, 0.25) is 5.02 Å². The number of hydrogen-bond donors (Lipinski definition) is 3. The predicted molar refractivity (Wildman–Crippen MR) is 175 cm³/mol. The molecule has 14 heteroatoms. The standard InChI is InChI=1S/C29H35ClN7O4P.ClH/c1-5-26(38)33-23-16-20(10-11-24(23)37-14-12-29(13-15-37)18-36(2)19-29)32-28-31-17-21(30)27(35-28)34-22-8-6-7-9-25(22)42(39,40-3)41-4;/h5-11,16-17H,1,12-15,18-19H2,2-4H3,(H,33,38)(H2,31,32,34,35);1H. The van der Waals surface area contributed by atoms with Crippen LogP contribution in [0.4, 0.5) is 34.5 Å². The molecule has 43 heavy (non-hydrogen) atoms. The number of halogens is 2. The van der Waals surface area contributed by atoms with E-state index in [2.05, 4.69) is 49.3 Å². The number of rotatable bonds is 10. The summed E-state index contributed by atoms with van der Waals surface area (Å²) in [4.78, 5) is 25.9. The number of benzene rings is 2. The number of aromatic nitrogens is 2. The van der Waals surface area contributed by atoms with Gasteiger partial charge < -0.3 is 34.8 Å². The third kappa shape index (κ3) is 7.15. The fourth-order valence-electron chi connectivity index (χ4n) is 5.67. The number of amides is 1. The van der Waals surface area contributed by atoms with Crippen LogP contribution in [-0.4, -0.2) is 68.2 Å². The van der Waals surface area contributed by atoms with E-state index in [1.54, 1.807) is 24.3 Å². The summed E-state index contributed by atoms with van der Waals surface area (Å²) in [5.74, 6) is 0.268. The van der Waals surface area contributed by atoms with Crippen molar-refractivity contribution in [1.29, 1.82) is 0 Å². The van der Waals surface area contributed by atoms with Crippen LogP contribution in [0.1, 0.15) is 12.8 Å². The van der Waals surface area contributed by atoms with E-state index in [0.717, 1.165) is 44.7 Å². The van der Waals surface area contributed by atoms with E-state index >= 15 is 0 Å². The Kier molecular flexibility index (Phi) is 10.4. The SMILES string of the molecule is C=CC(=O)Nc1cc(Nc2ncc(Cl)c(Nc3ccccc3P(=O)(OC)OC)n2)ccc1N1CCC2(CC1)CN(C)C2.Cl. The summed E-state index contributed by atoms with van der Waals surface area (Å²) in [5, 5.41) is 9.87. The third-order valence-corrected chi connectivity index (χ3v) is 9.97. The second-order valence-corrected chi connectivity index (χ2v) is 13.2. The molecule has 2 aromatic carbocycles. The van der Waals surface area contributed by atoms with Crippen molar-refractivity contribution in [2.45, 2.75) is 12.8 Å². The Bertz CT molecular complexity index is 1520. The first-order chi connectivity index (χ1) is 20.2. The van der Waals surface area contributed by atoms with Crippen molar-refractivity contribution >= 4 is 77.3 Å². The highest BCUT2D eigenvalue weighted by atomic mass is 35.5. The van der Waals surface area contributed by atoms with Crippen molar-refractivity contribution in [3.8, 4) is 0 Å². The Morgan fingerprint density at radius 3 is 2.44 bits per heavy atom. The van der Waals surface area contributed by atoms with E-state index in [1.807, 2.05) is 18.2 Å². The number of likely N-dealkylation sites (tertiary alicyclic amines) is 1. The van der Waals surface area contributed by atoms with Gasteiger partial charge >= 0.3 is 7.60 Å². The Morgan fingerprint density at radius 2 is 1.79 bits per heavy atom. The summed E-state index contributed by atoms with van der Waals surface area (Å²) in [7, 11) is 1.27. The van der Waals surface area contributed by atoms with Crippen molar-refractivity contribution in [3.63, 3.8) is 0 Å². The van der Waals surface area contributed by atoms with Crippen molar-refractivity contribution in [2.75, 3.05) is 68.3 Å². The molecule has 3 N–H and O–H groups in total. The first-order valence-electron chi connectivity index (χ1n) is 13.6. The van der Waals surface area contributed by atoms with Gasteiger partial charge in [-0.2, -0.15) is 4.98 Å². The van der Waals surface area contributed by atoms with Crippen molar-refractivity contribution < 1.29 is 18.4 Å². The minimum absolute atomic E-state index is 0. The van der Waals surface area contributed by atoms with Gasteiger partial charge in [0.15, 0.2) is 5.82 Å². The molecule has 0 saturated carbocycles. The van der Waals surface area contributed by atoms with Crippen LogP contribution in [0.3, 0.4) is 0 Å². The van der Waals surface area contributed by atoms with Gasteiger partial charge in [-0.15, -0.1) is 12.4 Å². The van der Waals surface area contributed by atoms with Crippen molar-refractivity contribution in [2.24, 2.45) is 5.41 Å². The molecule has 5 rings (SSSR count). The summed E-state index contributed by atoms with van der Waals surface area (Å²) in [6.07, 6.45) is 4.95. The summed E-state index contributed by atoms with van der Waals surface area (Å²) in [5.41, 5.74) is 3.17. The van der Waals surface area contributed by atoms with E-state index < -0.39 is 7.60 Å². The lowest BCUT2D eigenvalue weighted by Gasteiger charge is -2.53. The number of carbonyl (C=O) groups excluding carboxylic acids is 1. The molecule has 1 amide bonds. The molecule has 11 nitrogen and oxygen atoms in total. The van der Waals surface area contributed by atoms with Crippen molar-refractivity contribution in [3.05, 3.63) is 66.3 Å². The molecule has 0 aliphatic carbocycles. The second-order valence-electron chi connectivity index (χ2n) is 10.6. The molecule has 3 aromatic rings. The van der Waals surface area contributed by atoms with Gasteiger partial charge in [0, 0.05) is 46.1 Å². The zero-order valence-electron chi connectivity index (χ0n) is 24.3. The molecule has 0 radical (unpaired) electrons. The fourth-order valence-corrected chi connectivity index (χ4v) is 7.05. The first kappa shape index (κ1) is 32.7. The van der Waals surface area contributed by atoms with E-state index in [4.69, 9.17) is 20.6 Å². The van der Waals surface area contributed by atoms with Crippen LogP contribution in [0, 0.1) is 5.41 Å². The maximum Gasteiger partial charge on any atom is 0.362 e. The van der Waals surface area contributed by atoms with E-state index in [9.17, 15) is 9.36 Å². The summed E-state index contributed by atoms with van der Waals surface area (Å²) in [6.45, 7) is 7.74. The zero-order valence-corrected chi connectivity index (χ0v) is 26.8. The van der Waals surface area contributed by atoms with Gasteiger partial charge in [0.25, 0.3) is 0 Å². The highest BCUT2D eigenvalue weighted by Crippen LogP contribution is 2.47. The average Bonchev–Trinajstić information content (AvgIpc) is 2.98. The molecule has 2 saturated heterocycles. The van der Waals surface area contributed by atoms with Crippen LogP contribution < -0.4 is 26.2 Å². The van der Waals surface area contributed by atoms with Gasteiger partial charge in [-0.3, -0.25) is 9.36 Å². The minimum Gasteiger partial charge on any atom is -0.370 e. The maximum absolute atomic E-state index is 13.1. The lowest BCUT2D eigenvalue weighted by Crippen LogP contribution is -2.58. The summed E-state index contributed by atoms with van der Waals surface area (Å²) in [6, 6.07) is 12.7. The van der Waals surface area contributed by atoms with Gasteiger partial charge in [0.05, 0.1) is 28.6 Å². The molecule has 0 unspecified atom stereocenters. The number of carbonyl (C=O) groups is 1. The molecular formula is C29H36Cl2N7O4P. The smallest absolute Gasteiger partial charge is 0.362 e. The molecule has 0 bridgehead atoms. The monoisotopic (exact) mass is 647 g/mol. The predicted octanol–water partition coefficient (Wildman–Crippen LogP) is 5.81. The van der Waals surface area contributed by atoms with Crippen LogP contribution in [0.25, 0.3) is 0 Å². The van der Waals surface area contributed by atoms with Gasteiger partial charge in [-0.05, 0) is 61.7 Å². The summed E-state index contributed by atoms with van der Waals surface area (Å²) >= 11 is 6.42. The average molecular weight is 649 g/mol. The van der Waals surface area contributed by atoms with E-state index in [-0.39, 0.29) is 29.3 Å². The number of anilines is 6. The van der Waals surface area contributed by atoms with E-state index in [0.29, 0.717) is 33.6 Å². The normalized spacial score (nSPS) is 16.1. The number of hydrogen-bond acceptors (Lipinski definition) is 10. The van der Waals surface area contributed by atoms with Gasteiger partial charge in [-0.25, -0.2) is 4.98 Å². The lowest BCUT2D eigenvalue weighted by atomic mass is 9.72. The fraction of sp³-hybridized carbons (Fsp3) is 0.345. The third-order valence-electron chi connectivity index (χ3n) is 7.75. The maximum atomic E-state index is 13.1. The van der Waals surface area contributed by atoms with Crippen LogP contribution in [-0.2, 0) is 18.4 Å². The molecule has 1 spiro atoms. The molecule has 3 heterocycles. The van der Waals surface area contributed by atoms with Gasteiger partial charge in [-0.1, -0.05) is 30.3 Å². The topological polar surface area (TPSA) is 121 Å². The first-order valence-corrected chi connectivity index (χ1v) is 15.5. The Morgan fingerprint density at radius 1 is 1.09 bits per heavy atom. The molecule has 2 fully saturated rings. The number of nitrogens with one attached hydrogen (secondary N) is 3. The lowest BCUT2D eigenvalue weighted by molar-refractivity contribution is -0.111. The molecule has 2 aliphatic rings. The quantitative estimate of drug-likeness (QED) is 0.184. The second kappa shape index (κ2) is 13.6. The Hall–Kier alpha value is -3.18. The van der Waals surface area contributed by atoms with Gasteiger partial charge in [0.1, 0.15) is 5.02 Å². The number of para-hydroxylation sites is 1. The molecular weight excluding hydrogens is 612 g/mol. The number of nitrogens with zero attached hydrogens (tertiary/aromatic N) is 4.